The molecule has 26 heavy (non-hydrogen) atoms. The Kier molecular flexibility index (Phi) is 5.40. The Morgan fingerprint density at radius 1 is 1.50 bits per heavy atom. The zero-order valence-electron chi connectivity index (χ0n) is 14.5. The van der Waals surface area contributed by atoms with Gasteiger partial charge in [0.25, 0.3) is 5.17 Å². The van der Waals surface area contributed by atoms with Crippen LogP contribution in [-0.4, -0.2) is 69.1 Å². The molecule has 0 spiro atoms. The standard InChI is InChI=1S/C16H20FN5O3S/c1-20-5-6-21(10-19-20)14-4-3-11(7-13(14)17)22-9-12(25-16(22)23)8-18-15(26)24-2/h3-4,7,10,12H,5-6,8-9H2,1-2H3,(H,18,26). The van der Waals surface area contributed by atoms with Gasteiger partial charge in [0.05, 0.1) is 38.1 Å². The van der Waals surface area contributed by atoms with Crippen molar-refractivity contribution in [1.29, 1.82) is 0 Å². The van der Waals surface area contributed by atoms with Crippen molar-refractivity contribution in [2.75, 3.05) is 50.1 Å². The van der Waals surface area contributed by atoms with Gasteiger partial charge in [-0.15, -0.1) is 0 Å². The molecular formula is C16H20FN5O3S. The van der Waals surface area contributed by atoms with E-state index in [4.69, 9.17) is 21.7 Å². The third-order valence-electron chi connectivity index (χ3n) is 4.14. The predicted molar refractivity (Wildman–Crippen MR) is 100 cm³/mol. The van der Waals surface area contributed by atoms with Crippen LogP contribution >= 0.6 is 12.2 Å². The van der Waals surface area contributed by atoms with E-state index in [0.717, 1.165) is 0 Å². The maximum Gasteiger partial charge on any atom is 0.414 e. The van der Waals surface area contributed by atoms with Crippen molar-refractivity contribution in [3.8, 4) is 0 Å². The molecule has 140 valence electrons. The Bertz CT molecular complexity index is 732. The van der Waals surface area contributed by atoms with Gasteiger partial charge in [0.1, 0.15) is 18.3 Å². The van der Waals surface area contributed by atoms with Gasteiger partial charge < -0.3 is 19.7 Å². The molecule has 1 amide bonds. The fourth-order valence-corrected chi connectivity index (χ4v) is 2.79. The summed E-state index contributed by atoms with van der Waals surface area (Å²) >= 11 is 4.89. The lowest BCUT2D eigenvalue weighted by Gasteiger charge is -2.28. The lowest BCUT2D eigenvalue weighted by molar-refractivity contribution is 0.142. The normalized spacial score (nSPS) is 19.6. The molecule has 1 aromatic carbocycles. The van der Waals surface area contributed by atoms with Crippen LogP contribution in [0.15, 0.2) is 23.3 Å². The van der Waals surface area contributed by atoms with Crippen molar-refractivity contribution in [2.45, 2.75) is 6.10 Å². The summed E-state index contributed by atoms with van der Waals surface area (Å²) < 4.78 is 24.7. The van der Waals surface area contributed by atoms with Gasteiger partial charge in [-0.25, -0.2) is 9.18 Å². The van der Waals surface area contributed by atoms with Crippen LogP contribution in [0.4, 0.5) is 20.6 Å². The van der Waals surface area contributed by atoms with Crippen molar-refractivity contribution in [2.24, 2.45) is 5.10 Å². The number of carbonyl (C=O) groups is 1. The average Bonchev–Trinajstić information content (AvgIpc) is 3.01. The summed E-state index contributed by atoms with van der Waals surface area (Å²) in [5, 5.41) is 9.00. The first kappa shape index (κ1) is 18.2. The lowest BCUT2D eigenvalue weighted by Crippen LogP contribution is -2.36. The molecule has 1 saturated heterocycles. The Labute approximate surface area is 156 Å². The lowest BCUT2D eigenvalue weighted by atomic mass is 10.2. The third kappa shape index (κ3) is 3.96. The molecule has 0 saturated carbocycles. The molecule has 1 aromatic rings. The number of nitrogens with one attached hydrogen (secondary N) is 1. The van der Waals surface area contributed by atoms with E-state index in [2.05, 4.69) is 10.4 Å². The molecule has 10 heteroatoms. The number of cyclic esters (lactones) is 1. The van der Waals surface area contributed by atoms with Crippen LogP contribution in [0.1, 0.15) is 0 Å². The van der Waals surface area contributed by atoms with E-state index < -0.39 is 18.0 Å². The van der Waals surface area contributed by atoms with Crippen LogP contribution in [-0.2, 0) is 9.47 Å². The van der Waals surface area contributed by atoms with Gasteiger partial charge in [-0.05, 0) is 30.4 Å². The van der Waals surface area contributed by atoms with Gasteiger partial charge in [0.15, 0.2) is 0 Å². The first-order valence-electron chi connectivity index (χ1n) is 8.09. The number of ether oxygens (including phenoxy) is 2. The number of amides is 1. The van der Waals surface area contributed by atoms with E-state index in [1.165, 1.54) is 18.1 Å². The van der Waals surface area contributed by atoms with E-state index in [9.17, 15) is 9.18 Å². The van der Waals surface area contributed by atoms with Crippen molar-refractivity contribution >= 4 is 41.2 Å². The maximum absolute atomic E-state index is 14.6. The number of hydrogen-bond acceptors (Lipinski definition) is 7. The Balaban J connectivity index is 1.68. The van der Waals surface area contributed by atoms with Crippen molar-refractivity contribution in [1.82, 2.24) is 10.3 Å². The number of carbonyl (C=O) groups excluding carboxylic acids is 1. The number of hydrazone groups is 1. The second-order valence-electron chi connectivity index (χ2n) is 5.93. The highest BCUT2D eigenvalue weighted by Gasteiger charge is 2.33. The van der Waals surface area contributed by atoms with E-state index in [0.29, 0.717) is 37.6 Å². The van der Waals surface area contributed by atoms with E-state index in [-0.39, 0.29) is 5.17 Å². The highest BCUT2D eigenvalue weighted by molar-refractivity contribution is 7.80. The summed E-state index contributed by atoms with van der Waals surface area (Å²) in [5.74, 6) is -0.423. The van der Waals surface area contributed by atoms with Crippen molar-refractivity contribution in [3.05, 3.63) is 24.0 Å². The molecule has 3 rings (SSSR count). The quantitative estimate of drug-likeness (QED) is 0.790. The number of hydrogen-bond donors (Lipinski definition) is 1. The fourth-order valence-electron chi connectivity index (χ4n) is 2.71. The highest BCUT2D eigenvalue weighted by atomic mass is 32.1. The molecule has 0 radical (unpaired) electrons. The first-order chi connectivity index (χ1) is 12.5. The maximum atomic E-state index is 14.6. The molecule has 0 bridgehead atoms. The Morgan fingerprint density at radius 3 is 2.96 bits per heavy atom. The molecule has 0 aromatic heterocycles. The van der Waals surface area contributed by atoms with Gasteiger partial charge in [-0.2, -0.15) is 5.10 Å². The summed E-state index contributed by atoms with van der Waals surface area (Å²) in [6.07, 6.45) is 0.670. The van der Waals surface area contributed by atoms with Gasteiger partial charge in [0, 0.05) is 13.6 Å². The van der Waals surface area contributed by atoms with E-state index in [1.54, 1.807) is 28.4 Å². The first-order valence-corrected chi connectivity index (χ1v) is 8.50. The number of thiocarbonyl (C=S) groups is 1. The minimum absolute atomic E-state index is 0.226. The molecule has 1 fully saturated rings. The molecule has 2 aliphatic heterocycles. The zero-order valence-corrected chi connectivity index (χ0v) is 15.3. The van der Waals surface area contributed by atoms with Crippen LogP contribution < -0.4 is 15.1 Å². The van der Waals surface area contributed by atoms with Gasteiger partial charge in [-0.1, -0.05) is 0 Å². The van der Waals surface area contributed by atoms with Gasteiger partial charge in [0.2, 0.25) is 0 Å². The SMILES string of the molecule is COC(=S)NCC1CN(c2ccc(N3C=NN(C)CC3)c(F)c2)C(=O)O1. The molecule has 8 nitrogen and oxygen atoms in total. The number of halogens is 1. The minimum atomic E-state index is -0.520. The van der Waals surface area contributed by atoms with Crippen LogP contribution in [0.25, 0.3) is 0 Å². The van der Waals surface area contributed by atoms with E-state index in [1.807, 2.05) is 7.05 Å². The monoisotopic (exact) mass is 381 g/mol. The summed E-state index contributed by atoms with van der Waals surface area (Å²) in [5.41, 5.74) is 0.862. The second-order valence-corrected chi connectivity index (χ2v) is 6.30. The summed E-state index contributed by atoms with van der Waals surface area (Å²) in [6, 6.07) is 4.67. The molecular weight excluding hydrogens is 361 g/mol. The average molecular weight is 381 g/mol. The van der Waals surface area contributed by atoms with Crippen LogP contribution in [0.2, 0.25) is 0 Å². The molecule has 2 aliphatic rings. The molecule has 2 heterocycles. The van der Waals surface area contributed by atoms with Crippen molar-refractivity contribution < 1.29 is 18.7 Å². The fraction of sp³-hybridized carbons (Fsp3) is 0.438. The summed E-state index contributed by atoms with van der Waals surface area (Å²) in [7, 11) is 3.31. The van der Waals surface area contributed by atoms with Gasteiger partial charge in [-0.3, -0.25) is 9.91 Å². The van der Waals surface area contributed by atoms with Crippen LogP contribution in [0.5, 0.6) is 0 Å². The molecule has 1 N–H and O–H groups in total. The minimum Gasteiger partial charge on any atom is -0.474 e. The predicted octanol–water partition coefficient (Wildman–Crippen LogP) is 1.37. The number of benzene rings is 1. The number of nitrogens with zero attached hydrogens (tertiary/aromatic N) is 4. The van der Waals surface area contributed by atoms with Crippen molar-refractivity contribution in [3.63, 3.8) is 0 Å². The smallest absolute Gasteiger partial charge is 0.414 e. The second kappa shape index (κ2) is 7.73. The molecule has 1 atom stereocenters. The summed E-state index contributed by atoms with van der Waals surface area (Å²) in [4.78, 5) is 15.2. The Hall–Kier alpha value is -2.62. The van der Waals surface area contributed by atoms with Crippen LogP contribution in [0.3, 0.4) is 0 Å². The van der Waals surface area contributed by atoms with Gasteiger partial charge >= 0.3 is 6.09 Å². The third-order valence-corrected chi connectivity index (χ3v) is 4.45. The van der Waals surface area contributed by atoms with Crippen LogP contribution in [0, 0.1) is 5.82 Å². The number of anilines is 2. The molecule has 1 unspecified atom stereocenters. The number of rotatable bonds is 4. The largest absolute Gasteiger partial charge is 0.474 e. The highest BCUT2D eigenvalue weighted by Crippen LogP contribution is 2.28. The zero-order chi connectivity index (χ0) is 18.7. The van der Waals surface area contributed by atoms with E-state index >= 15 is 0 Å². The Morgan fingerprint density at radius 2 is 2.31 bits per heavy atom. The number of likely N-dealkylation sites (N-methyl/N-ethyl adjacent to an activating group) is 1. The molecule has 0 aliphatic carbocycles. The number of methoxy groups -OCH3 is 1. The summed E-state index contributed by atoms with van der Waals surface area (Å²) in [6.45, 7) is 1.96. The topological polar surface area (TPSA) is 69.6 Å².